The number of benzene rings is 1. The molecule has 1 rings (SSSR count). The van der Waals surface area contributed by atoms with Crippen molar-refractivity contribution in [3.8, 4) is 0 Å². The molecule has 0 aromatic heterocycles. The summed E-state index contributed by atoms with van der Waals surface area (Å²) < 4.78 is 10.4. The average molecular weight is 361 g/mol. The molecule has 0 fully saturated rings. The Morgan fingerprint density at radius 3 is 1.88 bits per heavy atom. The number of rotatable bonds is 8. The number of esters is 2. The van der Waals surface area contributed by atoms with Crippen molar-refractivity contribution in [1.29, 1.82) is 0 Å². The van der Waals surface area contributed by atoms with Crippen molar-refractivity contribution in [3.63, 3.8) is 0 Å². The molecule has 4 nitrogen and oxygen atoms in total. The average Bonchev–Trinajstić information content (AvgIpc) is 2.54. The Balaban J connectivity index is 3.56. The zero-order chi connectivity index (χ0) is 19.0. The molecule has 136 valence electrons. The maximum Gasteiger partial charge on any atom is 0.321 e. The summed E-state index contributed by atoms with van der Waals surface area (Å²) in [5.41, 5.74) is 3.89. The fourth-order valence-electron chi connectivity index (χ4n) is 2.86. The third kappa shape index (κ3) is 5.45. The van der Waals surface area contributed by atoms with E-state index >= 15 is 0 Å². The number of ether oxygens (including phenoxy) is 2. The molecule has 0 unspecified atom stereocenters. The molecule has 0 aliphatic heterocycles. The topological polar surface area (TPSA) is 52.6 Å². The summed E-state index contributed by atoms with van der Waals surface area (Å²) in [5, 5.41) is 0.907. The van der Waals surface area contributed by atoms with Crippen molar-refractivity contribution in [2.75, 3.05) is 13.2 Å². The number of carbonyl (C=O) groups is 2. The van der Waals surface area contributed by atoms with Gasteiger partial charge in [0, 0.05) is 5.92 Å². The highest BCUT2D eigenvalue weighted by Gasteiger charge is 2.43. The second-order valence-electron chi connectivity index (χ2n) is 6.71. The Kier molecular flexibility index (Phi) is 7.87. The first-order valence-electron chi connectivity index (χ1n) is 8.56. The standard InChI is InChI=1S/C20H28O4Si/c1-7-16(25(4,5)6)17(15-13-11-10-12-14-15)18(19(21)23-8-2)20(22)24-9-3/h10-14,17-18H,1,8-9H2,2-6H3/t17-/m1/s1. The van der Waals surface area contributed by atoms with Crippen LogP contribution in [-0.4, -0.2) is 33.2 Å². The van der Waals surface area contributed by atoms with Gasteiger partial charge in [-0.25, -0.2) is 0 Å². The van der Waals surface area contributed by atoms with Crippen LogP contribution in [0.5, 0.6) is 0 Å². The Hall–Kier alpha value is -2.10. The van der Waals surface area contributed by atoms with Crippen molar-refractivity contribution in [3.05, 3.63) is 53.4 Å². The fraction of sp³-hybridized carbons (Fsp3) is 0.450. The molecule has 5 heteroatoms. The van der Waals surface area contributed by atoms with Gasteiger partial charge in [0.25, 0.3) is 0 Å². The minimum atomic E-state index is -1.91. The van der Waals surface area contributed by atoms with Crippen LogP contribution in [0.3, 0.4) is 0 Å². The van der Waals surface area contributed by atoms with Crippen LogP contribution in [0.4, 0.5) is 0 Å². The molecule has 0 bridgehead atoms. The molecule has 0 heterocycles. The summed E-state index contributed by atoms with van der Waals surface area (Å²) in [4.78, 5) is 25.3. The predicted octanol–water partition coefficient (Wildman–Crippen LogP) is 4.10. The van der Waals surface area contributed by atoms with Crippen LogP contribution in [0.2, 0.25) is 19.6 Å². The van der Waals surface area contributed by atoms with Gasteiger partial charge in [0.15, 0.2) is 5.92 Å². The third-order valence-corrected chi connectivity index (χ3v) is 5.99. The summed E-state index contributed by atoms with van der Waals surface area (Å²) in [6, 6.07) is 9.50. The van der Waals surface area contributed by atoms with E-state index in [0.29, 0.717) is 0 Å². The van der Waals surface area contributed by atoms with E-state index in [1.165, 1.54) is 0 Å². The molecule has 0 saturated carbocycles. The van der Waals surface area contributed by atoms with Gasteiger partial charge in [0.05, 0.1) is 21.3 Å². The summed E-state index contributed by atoms with van der Waals surface area (Å²) in [6.45, 7) is 14.1. The normalized spacial score (nSPS) is 12.2. The lowest BCUT2D eigenvalue weighted by Crippen LogP contribution is -2.39. The lowest BCUT2D eigenvalue weighted by atomic mass is 9.85. The number of hydrogen-bond donors (Lipinski definition) is 0. The van der Waals surface area contributed by atoms with E-state index in [0.717, 1.165) is 10.8 Å². The van der Waals surface area contributed by atoms with Crippen molar-refractivity contribution < 1.29 is 19.1 Å². The van der Waals surface area contributed by atoms with Gasteiger partial charge in [0.1, 0.15) is 0 Å². The zero-order valence-corrected chi connectivity index (χ0v) is 16.8. The third-order valence-electron chi connectivity index (χ3n) is 3.88. The molecule has 1 atom stereocenters. The highest BCUT2D eigenvalue weighted by molar-refractivity contribution is 6.83. The van der Waals surface area contributed by atoms with Gasteiger partial charge in [-0.15, -0.1) is 5.73 Å². The Labute approximate surface area is 151 Å². The largest absolute Gasteiger partial charge is 0.465 e. The summed E-state index contributed by atoms with van der Waals surface area (Å²) in [5.74, 6) is -2.68. The second-order valence-corrected chi connectivity index (χ2v) is 11.7. The quantitative estimate of drug-likeness (QED) is 0.303. The highest BCUT2D eigenvalue weighted by atomic mass is 28.3. The summed E-state index contributed by atoms with van der Waals surface area (Å²) >= 11 is 0. The van der Waals surface area contributed by atoms with Crippen LogP contribution in [0.1, 0.15) is 25.3 Å². The van der Waals surface area contributed by atoms with Gasteiger partial charge in [-0.2, -0.15) is 0 Å². The predicted molar refractivity (Wildman–Crippen MR) is 102 cm³/mol. The maximum absolute atomic E-state index is 12.7. The van der Waals surface area contributed by atoms with E-state index in [1.807, 2.05) is 30.3 Å². The van der Waals surface area contributed by atoms with Crippen LogP contribution < -0.4 is 0 Å². The van der Waals surface area contributed by atoms with E-state index in [9.17, 15) is 9.59 Å². The molecule has 1 aromatic rings. The van der Waals surface area contributed by atoms with Gasteiger partial charge in [-0.1, -0.05) is 56.6 Å². The number of allylic oxidation sites excluding steroid dienone is 1. The van der Waals surface area contributed by atoms with E-state index in [4.69, 9.17) is 9.47 Å². The zero-order valence-electron chi connectivity index (χ0n) is 15.8. The lowest BCUT2D eigenvalue weighted by molar-refractivity contribution is -0.162. The van der Waals surface area contributed by atoms with E-state index in [2.05, 4.69) is 32.0 Å². The van der Waals surface area contributed by atoms with Gasteiger partial charge in [-0.3, -0.25) is 9.59 Å². The van der Waals surface area contributed by atoms with Gasteiger partial charge >= 0.3 is 11.9 Å². The maximum atomic E-state index is 12.7. The molecule has 1 aromatic carbocycles. The highest BCUT2D eigenvalue weighted by Crippen LogP contribution is 2.38. The summed E-state index contributed by atoms with van der Waals surface area (Å²) in [6.07, 6.45) is 0. The van der Waals surface area contributed by atoms with E-state index in [-0.39, 0.29) is 13.2 Å². The van der Waals surface area contributed by atoms with Crippen molar-refractivity contribution in [2.24, 2.45) is 5.92 Å². The van der Waals surface area contributed by atoms with Gasteiger partial charge in [0.2, 0.25) is 0 Å². The molecular weight excluding hydrogens is 332 g/mol. The fourth-order valence-corrected chi connectivity index (χ4v) is 4.66. The number of carbonyl (C=O) groups excluding carboxylic acids is 2. The molecule has 0 saturated heterocycles. The molecule has 0 aliphatic rings. The van der Waals surface area contributed by atoms with E-state index < -0.39 is 31.8 Å². The lowest BCUT2D eigenvalue weighted by Gasteiger charge is -2.31. The second kappa shape index (κ2) is 9.40. The first kappa shape index (κ1) is 20.9. The van der Waals surface area contributed by atoms with Crippen molar-refractivity contribution in [2.45, 2.75) is 39.4 Å². The van der Waals surface area contributed by atoms with E-state index in [1.54, 1.807) is 13.8 Å². The Morgan fingerprint density at radius 2 is 1.52 bits per heavy atom. The minimum absolute atomic E-state index is 0.205. The molecule has 0 spiro atoms. The van der Waals surface area contributed by atoms with Gasteiger partial charge in [-0.05, 0) is 24.6 Å². The Morgan fingerprint density at radius 1 is 1.04 bits per heavy atom. The molecule has 0 radical (unpaired) electrons. The van der Waals surface area contributed by atoms with Crippen LogP contribution in [0.25, 0.3) is 0 Å². The van der Waals surface area contributed by atoms with Crippen LogP contribution in [0, 0.1) is 5.92 Å². The monoisotopic (exact) mass is 360 g/mol. The first-order valence-corrected chi connectivity index (χ1v) is 12.1. The first-order chi connectivity index (χ1) is 11.8. The molecule has 0 amide bonds. The van der Waals surface area contributed by atoms with Crippen LogP contribution in [0.15, 0.2) is 47.8 Å². The Bertz CT molecular complexity index is 621. The van der Waals surface area contributed by atoms with Crippen LogP contribution in [-0.2, 0) is 19.1 Å². The van der Waals surface area contributed by atoms with Gasteiger partial charge < -0.3 is 9.47 Å². The molecular formula is C20H28O4Si. The SMILES string of the molecule is C=C=C([C@@H](c1ccccc1)C(C(=O)OCC)C(=O)OCC)[Si](C)(C)C. The number of hydrogen-bond acceptors (Lipinski definition) is 4. The summed E-state index contributed by atoms with van der Waals surface area (Å²) in [7, 11) is -1.91. The molecule has 0 aliphatic carbocycles. The molecule has 0 N–H and O–H groups in total. The molecule has 25 heavy (non-hydrogen) atoms. The van der Waals surface area contributed by atoms with Crippen LogP contribution >= 0.6 is 0 Å². The minimum Gasteiger partial charge on any atom is -0.465 e. The van der Waals surface area contributed by atoms with Crippen molar-refractivity contribution in [1.82, 2.24) is 0 Å². The smallest absolute Gasteiger partial charge is 0.321 e. The van der Waals surface area contributed by atoms with Crippen molar-refractivity contribution >= 4 is 20.0 Å².